The minimum absolute atomic E-state index is 0.289. The Bertz CT molecular complexity index is 306. The van der Waals surface area contributed by atoms with Crippen molar-refractivity contribution in [2.45, 2.75) is 66.5 Å². The summed E-state index contributed by atoms with van der Waals surface area (Å²) in [6.07, 6.45) is 0. The molecule has 0 aromatic heterocycles. The Morgan fingerprint density at radius 3 is 1.59 bits per heavy atom. The van der Waals surface area contributed by atoms with E-state index in [1.807, 2.05) is 20.8 Å². The zero-order valence-electron chi connectivity index (χ0n) is 12.2. The van der Waals surface area contributed by atoms with Gasteiger partial charge in [-0.1, -0.05) is 0 Å². The van der Waals surface area contributed by atoms with E-state index < -0.39 is 11.0 Å². The zero-order chi connectivity index (χ0) is 14.1. The minimum atomic E-state index is -1.16. The molecule has 0 aromatic carbocycles. The Labute approximate surface area is 104 Å². The van der Waals surface area contributed by atoms with Crippen LogP contribution in [0.4, 0.5) is 0 Å². The number of rotatable bonds is 2. The van der Waals surface area contributed by atoms with Gasteiger partial charge in [0.2, 0.25) is 0 Å². The molecule has 4 nitrogen and oxygen atoms in total. The molecular formula is C13H25NO3. The van der Waals surface area contributed by atoms with Crippen molar-refractivity contribution in [3.63, 3.8) is 0 Å². The largest absolute Gasteiger partial charge is 0.449 e. The second-order valence-corrected chi connectivity index (χ2v) is 6.85. The molecule has 4 heteroatoms. The Morgan fingerprint density at radius 1 is 0.882 bits per heavy atom. The molecule has 0 aromatic rings. The van der Waals surface area contributed by atoms with Gasteiger partial charge in [-0.2, -0.15) is 0 Å². The lowest BCUT2D eigenvalue weighted by Gasteiger charge is -2.31. The number of nitrogens with one attached hydrogen (secondary N) is 1. The summed E-state index contributed by atoms with van der Waals surface area (Å²) < 4.78 is 5.26. The average Bonchev–Trinajstić information content (AvgIpc) is 1.97. The maximum Gasteiger partial charge on any atom is 0.312 e. The second-order valence-electron chi connectivity index (χ2n) is 6.85. The van der Waals surface area contributed by atoms with E-state index in [0.29, 0.717) is 0 Å². The molecule has 0 atom stereocenters. The summed E-state index contributed by atoms with van der Waals surface area (Å²) >= 11 is 0. The fourth-order valence-corrected chi connectivity index (χ4v) is 0.922. The van der Waals surface area contributed by atoms with Gasteiger partial charge in [-0.3, -0.25) is 9.59 Å². The van der Waals surface area contributed by atoms with Gasteiger partial charge in [0.15, 0.2) is 5.60 Å². The highest BCUT2D eigenvalue weighted by molar-refractivity contribution is 5.88. The Balaban J connectivity index is 4.70. The van der Waals surface area contributed by atoms with Crippen LogP contribution in [0, 0.1) is 5.41 Å². The molecule has 100 valence electrons. The van der Waals surface area contributed by atoms with Crippen molar-refractivity contribution in [1.82, 2.24) is 5.32 Å². The summed E-state index contributed by atoms with van der Waals surface area (Å²) in [5.74, 6) is -0.672. The maximum atomic E-state index is 12.0. The van der Waals surface area contributed by atoms with Gasteiger partial charge >= 0.3 is 5.97 Å². The fraction of sp³-hybridized carbons (Fsp3) is 0.846. The number of carbonyl (C=O) groups is 2. The van der Waals surface area contributed by atoms with Gasteiger partial charge in [0.05, 0.1) is 5.41 Å². The van der Waals surface area contributed by atoms with E-state index in [4.69, 9.17) is 4.74 Å². The first-order chi connectivity index (χ1) is 7.26. The molecule has 0 heterocycles. The van der Waals surface area contributed by atoms with Crippen molar-refractivity contribution in [3.8, 4) is 0 Å². The first-order valence-corrected chi connectivity index (χ1v) is 5.82. The highest BCUT2D eigenvalue weighted by atomic mass is 16.6. The number of ether oxygens (including phenoxy) is 1. The lowest BCUT2D eigenvalue weighted by atomic mass is 9.96. The molecule has 0 aliphatic carbocycles. The topological polar surface area (TPSA) is 55.4 Å². The number of amides is 1. The van der Waals surface area contributed by atoms with Gasteiger partial charge in [-0.15, -0.1) is 0 Å². The predicted molar refractivity (Wildman–Crippen MR) is 67.5 cm³/mol. The van der Waals surface area contributed by atoms with E-state index in [2.05, 4.69) is 5.32 Å². The first-order valence-electron chi connectivity index (χ1n) is 5.82. The van der Waals surface area contributed by atoms with Crippen LogP contribution in [0.3, 0.4) is 0 Å². The lowest BCUT2D eigenvalue weighted by molar-refractivity contribution is -0.173. The molecule has 0 aliphatic heterocycles. The highest BCUT2D eigenvalue weighted by Gasteiger charge is 2.37. The number of hydrogen-bond donors (Lipinski definition) is 1. The number of carbonyl (C=O) groups excluding carboxylic acids is 2. The summed E-state index contributed by atoms with van der Waals surface area (Å²) in [7, 11) is 0. The van der Waals surface area contributed by atoms with Gasteiger partial charge < -0.3 is 10.1 Å². The SMILES string of the molecule is CC(C)(C)NC(=O)C(C)(C)OC(=O)C(C)(C)C. The van der Waals surface area contributed by atoms with Crippen molar-refractivity contribution in [3.05, 3.63) is 0 Å². The summed E-state index contributed by atoms with van der Waals surface area (Å²) in [4.78, 5) is 23.7. The van der Waals surface area contributed by atoms with Crippen LogP contribution in [-0.2, 0) is 14.3 Å². The van der Waals surface area contributed by atoms with E-state index in [9.17, 15) is 9.59 Å². The van der Waals surface area contributed by atoms with Crippen molar-refractivity contribution >= 4 is 11.9 Å². The van der Waals surface area contributed by atoms with Crippen molar-refractivity contribution in [1.29, 1.82) is 0 Å². The summed E-state index contributed by atoms with van der Waals surface area (Å²) in [5, 5.41) is 2.80. The highest BCUT2D eigenvalue weighted by Crippen LogP contribution is 2.21. The van der Waals surface area contributed by atoms with Gasteiger partial charge in [0, 0.05) is 5.54 Å². The zero-order valence-corrected chi connectivity index (χ0v) is 12.2. The predicted octanol–water partition coefficient (Wildman–Crippen LogP) is 2.27. The van der Waals surface area contributed by atoms with Crippen molar-refractivity contribution < 1.29 is 14.3 Å². The van der Waals surface area contributed by atoms with Crippen LogP contribution in [0.15, 0.2) is 0 Å². The van der Waals surface area contributed by atoms with Gasteiger partial charge in [-0.05, 0) is 55.4 Å². The molecular weight excluding hydrogens is 218 g/mol. The average molecular weight is 243 g/mol. The molecule has 0 bridgehead atoms. The first kappa shape index (κ1) is 15.9. The molecule has 0 saturated carbocycles. The molecule has 1 N–H and O–H groups in total. The lowest BCUT2D eigenvalue weighted by Crippen LogP contribution is -2.52. The Kier molecular flexibility index (Phi) is 4.38. The van der Waals surface area contributed by atoms with Crippen LogP contribution >= 0.6 is 0 Å². The third-order valence-corrected chi connectivity index (χ3v) is 2.00. The molecule has 0 fully saturated rings. The molecule has 0 radical (unpaired) electrons. The summed E-state index contributed by atoms with van der Waals surface area (Å²) in [6.45, 7) is 14.1. The van der Waals surface area contributed by atoms with Crippen molar-refractivity contribution in [2.75, 3.05) is 0 Å². The van der Waals surface area contributed by atoms with Crippen LogP contribution in [-0.4, -0.2) is 23.0 Å². The van der Waals surface area contributed by atoms with E-state index >= 15 is 0 Å². The van der Waals surface area contributed by atoms with Crippen LogP contribution in [0.1, 0.15) is 55.4 Å². The van der Waals surface area contributed by atoms with Crippen LogP contribution in [0.25, 0.3) is 0 Å². The Hall–Kier alpha value is -1.06. The maximum absolute atomic E-state index is 12.0. The fourth-order valence-electron chi connectivity index (χ4n) is 0.922. The molecule has 0 spiro atoms. The molecule has 0 rings (SSSR count). The summed E-state index contributed by atoms with van der Waals surface area (Å²) in [6, 6.07) is 0. The van der Waals surface area contributed by atoms with E-state index in [-0.39, 0.29) is 17.4 Å². The third-order valence-electron chi connectivity index (χ3n) is 2.00. The minimum Gasteiger partial charge on any atom is -0.449 e. The van der Waals surface area contributed by atoms with E-state index in [0.717, 1.165) is 0 Å². The Morgan fingerprint density at radius 2 is 1.29 bits per heavy atom. The van der Waals surface area contributed by atoms with Crippen LogP contribution < -0.4 is 5.32 Å². The normalized spacial score (nSPS) is 13.2. The molecule has 17 heavy (non-hydrogen) atoms. The third kappa shape index (κ3) is 5.71. The standard InChI is InChI=1S/C13H25NO3/c1-11(2,3)10(16)17-13(7,8)9(15)14-12(4,5)6/h1-8H3,(H,14,15). The second kappa shape index (κ2) is 4.67. The molecule has 0 saturated heterocycles. The van der Waals surface area contributed by atoms with Gasteiger partial charge in [-0.25, -0.2) is 0 Å². The summed E-state index contributed by atoms with van der Waals surface area (Å²) in [5.41, 5.74) is -2.11. The molecule has 1 amide bonds. The van der Waals surface area contributed by atoms with Gasteiger partial charge in [0.25, 0.3) is 5.91 Å². The van der Waals surface area contributed by atoms with Crippen LogP contribution in [0.2, 0.25) is 0 Å². The van der Waals surface area contributed by atoms with Crippen molar-refractivity contribution in [2.24, 2.45) is 5.41 Å². The van der Waals surface area contributed by atoms with E-state index in [1.165, 1.54) is 0 Å². The quantitative estimate of drug-likeness (QED) is 0.757. The molecule has 0 aliphatic rings. The number of hydrogen-bond acceptors (Lipinski definition) is 3. The monoisotopic (exact) mass is 243 g/mol. The van der Waals surface area contributed by atoms with E-state index in [1.54, 1.807) is 34.6 Å². The van der Waals surface area contributed by atoms with Gasteiger partial charge in [0.1, 0.15) is 0 Å². The smallest absolute Gasteiger partial charge is 0.312 e. The number of esters is 1. The molecule has 0 unspecified atom stereocenters. The van der Waals surface area contributed by atoms with Crippen LogP contribution in [0.5, 0.6) is 0 Å².